The summed E-state index contributed by atoms with van der Waals surface area (Å²) in [4.78, 5) is 4.71. The van der Waals surface area contributed by atoms with E-state index in [-0.39, 0.29) is 0 Å². The number of aromatic nitrogens is 1. The van der Waals surface area contributed by atoms with Crippen molar-refractivity contribution in [3.8, 4) is 11.3 Å². The molecule has 2 nitrogen and oxygen atoms in total. The molecular weight excluding hydrogens is 240 g/mol. The van der Waals surface area contributed by atoms with Crippen molar-refractivity contribution >= 4 is 11.3 Å². The first-order valence-corrected chi connectivity index (χ1v) is 7.25. The van der Waals surface area contributed by atoms with Crippen LogP contribution in [0.5, 0.6) is 0 Å². The number of thiazole rings is 1. The molecule has 2 rings (SSSR count). The lowest BCUT2D eigenvalue weighted by molar-refractivity contribution is 0.722. The molecule has 0 aliphatic heterocycles. The Hall–Kier alpha value is -1.19. The predicted octanol–water partition coefficient (Wildman–Crippen LogP) is 3.58. The number of nitrogens with one attached hydrogen (secondary N) is 1. The zero-order chi connectivity index (χ0) is 13.0. The highest BCUT2D eigenvalue weighted by Gasteiger charge is 2.05. The SMILES string of the molecule is CNCCCc1nc(-c2ccc(C)c(C)c2)cs1. The first-order chi connectivity index (χ1) is 8.70. The second-order valence-corrected chi connectivity index (χ2v) is 5.58. The summed E-state index contributed by atoms with van der Waals surface area (Å²) in [6, 6.07) is 6.56. The number of rotatable bonds is 5. The molecule has 0 unspecified atom stereocenters. The Morgan fingerprint density at radius 1 is 1.22 bits per heavy atom. The number of hydrogen-bond acceptors (Lipinski definition) is 3. The minimum Gasteiger partial charge on any atom is -0.320 e. The quantitative estimate of drug-likeness (QED) is 0.831. The van der Waals surface area contributed by atoms with Crippen LogP contribution in [-0.4, -0.2) is 18.6 Å². The highest BCUT2D eigenvalue weighted by atomic mass is 32.1. The number of aryl methyl sites for hydroxylation is 3. The second kappa shape index (κ2) is 6.12. The number of nitrogens with zero attached hydrogens (tertiary/aromatic N) is 1. The van der Waals surface area contributed by atoms with E-state index in [1.165, 1.54) is 21.7 Å². The summed E-state index contributed by atoms with van der Waals surface area (Å²) in [5, 5.41) is 6.57. The lowest BCUT2D eigenvalue weighted by atomic mass is 10.1. The third-order valence-electron chi connectivity index (χ3n) is 3.17. The van der Waals surface area contributed by atoms with Gasteiger partial charge in [0.15, 0.2) is 0 Å². The Kier molecular flexibility index (Phi) is 4.50. The van der Waals surface area contributed by atoms with Gasteiger partial charge >= 0.3 is 0 Å². The van der Waals surface area contributed by atoms with E-state index < -0.39 is 0 Å². The van der Waals surface area contributed by atoms with Gasteiger partial charge in [-0.05, 0) is 51.1 Å². The van der Waals surface area contributed by atoms with E-state index in [0.29, 0.717) is 0 Å². The molecular formula is C15H20N2S. The molecule has 0 saturated carbocycles. The van der Waals surface area contributed by atoms with Crippen molar-refractivity contribution in [1.82, 2.24) is 10.3 Å². The van der Waals surface area contributed by atoms with Gasteiger partial charge in [0.1, 0.15) is 0 Å². The summed E-state index contributed by atoms with van der Waals surface area (Å²) in [7, 11) is 1.99. The van der Waals surface area contributed by atoms with E-state index in [0.717, 1.165) is 25.1 Å². The van der Waals surface area contributed by atoms with Crippen LogP contribution in [0.3, 0.4) is 0 Å². The van der Waals surface area contributed by atoms with Crippen LogP contribution in [-0.2, 0) is 6.42 Å². The van der Waals surface area contributed by atoms with Gasteiger partial charge in [0.2, 0.25) is 0 Å². The highest BCUT2D eigenvalue weighted by molar-refractivity contribution is 7.09. The molecule has 0 aliphatic carbocycles. The van der Waals surface area contributed by atoms with E-state index in [4.69, 9.17) is 4.98 Å². The van der Waals surface area contributed by atoms with Crippen LogP contribution in [0.4, 0.5) is 0 Å². The summed E-state index contributed by atoms with van der Waals surface area (Å²) in [5.74, 6) is 0. The van der Waals surface area contributed by atoms with Crippen molar-refractivity contribution in [3.63, 3.8) is 0 Å². The first kappa shape index (κ1) is 13.2. The summed E-state index contributed by atoms with van der Waals surface area (Å²) >= 11 is 1.77. The van der Waals surface area contributed by atoms with Gasteiger partial charge in [-0.1, -0.05) is 12.1 Å². The van der Waals surface area contributed by atoms with E-state index in [1.54, 1.807) is 11.3 Å². The highest BCUT2D eigenvalue weighted by Crippen LogP contribution is 2.24. The van der Waals surface area contributed by atoms with Gasteiger partial charge in [-0.2, -0.15) is 0 Å². The van der Waals surface area contributed by atoms with Gasteiger partial charge in [-0.3, -0.25) is 0 Å². The predicted molar refractivity (Wildman–Crippen MR) is 79.3 cm³/mol. The van der Waals surface area contributed by atoms with Gasteiger partial charge in [-0.25, -0.2) is 4.98 Å². The zero-order valence-electron chi connectivity index (χ0n) is 11.3. The normalized spacial score (nSPS) is 10.8. The van der Waals surface area contributed by atoms with Crippen molar-refractivity contribution in [2.24, 2.45) is 0 Å². The summed E-state index contributed by atoms with van der Waals surface area (Å²) in [6.45, 7) is 5.35. The molecule has 2 aromatic rings. The van der Waals surface area contributed by atoms with Gasteiger partial charge in [0, 0.05) is 17.4 Å². The Morgan fingerprint density at radius 2 is 2.06 bits per heavy atom. The topological polar surface area (TPSA) is 24.9 Å². The van der Waals surface area contributed by atoms with Gasteiger partial charge < -0.3 is 5.32 Å². The van der Waals surface area contributed by atoms with Crippen LogP contribution in [0, 0.1) is 13.8 Å². The van der Waals surface area contributed by atoms with E-state index in [9.17, 15) is 0 Å². The smallest absolute Gasteiger partial charge is 0.0933 e. The van der Waals surface area contributed by atoms with Crippen molar-refractivity contribution in [1.29, 1.82) is 0 Å². The van der Waals surface area contributed by atoms with Crippen LogP contribution in [0.2, 0.25) is 0 Å². The Balaban J connectivity index is 2.11. The third kappa shape index (κ3) is 3.18. The summed E-state index contributed by atoms with van der Waals surface area (Å²) in [5.41, 5.74) is 5.01. The van der Waals surface area contributed by atoms with Crippen LogP contribution in [0.15, 0.2) is 23.6 Å². The minimum atomic E-state index is 1.05. The number of benzene rings is 1. The molecule has 18 heavy (non-hydrogen) atoms. The fraction of sp³-hybridized carbons (Fsp3) is 0.400. The zero-order valence-corrected chi connectivity index (χ0v) is 12.1. The minimum absolute atomic E-state index is 1.05. The molecule has 0 amide bonds. The second-order valence-electron chi connectivity index (χ2n) is 4.63. The average Bonchev–Trinajstić information content (AvgIpc) is 2.82. The van der Waals surface area contributed by atoms with Gasteiger partial charge in [0.05, 0.1) is 10.7 Å². The Morgan fingerprint density at radius 3 is 2.78 bits per heavy atom. The molecule has 0 saturated heterocycles. The average molecular weight is 260 g/mol. The lowest BCUT2D eigenvalue weighted by Crippen LogP contribution is -2.08. The monoisotopic (exact) mass is 260 g/mol. The standard InChI is InChI=1S/C15H20N2S/c1-11-6-7-13(9-12(11)2)14-10-18-15(17-14)5-4-8-16-3/h6-7,9-10,16H,4-5,8H2,1-3H3. The molecule has 0 radical (unpaired) electrons. The van der Waals surface area contributed by atoms with E-state index in [2.05, 4.69) is 42.7 Å². The maximum Gasteiger partial charge on any atom is 0.0933 e. The maximum absolute atomic E-state index is 4.71. The number of hydrogen-bond donors (Lipinski definition) is 1. The summed E-state index contributed by atoms with van der Waals surface area (Å²) in [6.07, 6.45) is 2.22. The van der Waals surface area contributed by atoms with Crippen LogP contribution in [0.1, 0.15) is 22.6 Å². The first-order valence-electron chi connectivity index (χ1n) is 6.37. The van der Waals surface area contributed by atoms with Crippen LogP contribution >= 0.6 is 11.3 Å². The molecule has 96 valence electrons. The van der Waals surface area contributed by atoms with Crippen molar-refractivity contribution in [2.75, 3.05) is 13.6 Å². The molecule has 0 fully saturated rings. The maximum atomic E-state index is 4.71. The fourth-order valence-corrected chi connectivity index (χ4v) is 2.73. The van der Waals surface area contributed by atoms with Gasteiger partial charge in [0.25, 0.3) is 0 Å². The molecule has 0 aliphatic rings. The summed E-state index contributed by atoms with van der Waals surface area (Å²) < 4.78 is 0. The Labute approximate surface area is 113 Å². The van der Waals surface area contributed by atoms with Gasteiger partial charge in [-0.15, -0.1) is 11.3 Å². The lowest BCUT2D eigenvalue weighted by Gasteiger charge is -2.02. The molecule has 0 bridgehead atoms. The third-order valence-corrected chi connectivity index (χ3v) is 4.08. The van der Waals surface area contributed by atoms with Crippen molar-refractivity contribution < 1.29 is 0 Å². The molecule has 3 heteroatoms. The molecule has 1 N–H and O–H groups in total. The van der Waals surface area contributed by atoms with Crippen LogP contribution in [0.25, 0.3) is 11.3 Å². The molecule has 0 atom stereocenters. The van der Waals surface area contributed by atoms with Crippen LogP contribution < -0.4 is 5.32 Å². The molecule has 1 heterocycles. The molecule has 1 aromatic carbocycles. The molecule has 0 spiro atoms. The van der Waals surface area contributed by atoms with Crippen molar-refractivity contribution in [2.45, 2.75) is 26.7 Å². The largest absolute Gasteiger partial charge is 0.320 e. The molecule has 1 aromatic heterocycles. The van der Waals surface area contributed by atoms with E-state index >= 15 is 0 Å². The fourth-order valence-electron chi connectivity index (χ4n) is 1.88. The Bertz CT molecular complexity index is 517. The van der Waals surface area contributed by atoms with E-state index in [1.807, 2.05) is 7.05 Å². The van der Waals surface area contributed by atoms with Crippen molar-refractivity contribution in [3.05, 3.63) is 39.7 Å².